The number of piperazine rings is 1. The standard InChI is InChI=1S/C14H19N3O2/c18-13-9-15-4-3-12(13)14(19)17-7-5-16(6-8-17)10-11-1-2-11/h3-4,9,11,18H,1-2,5-8,10H2. The first-order chi connectivity index (χ1) is 9.24. The fourth-order valence-electron chi connectivity index (χ4n) is 2.54. The molecule has 1 aromatic heterocycles. The summed E-state index contributed by atoms with van der Waals surface area (Å²) in [7, 11) is 0. The molecule has 1 N–H and O–H groups in total. The van der Waals surface area contributed by atoms with Crippen molar-refractivity contribution in [2.24, 2.45) is 5.92 Å². The van der Waals surface area contributed by atoms with Gasteiger partial charge in [0.15, 0.2) is 0 Å². The molecule has 19 heavy (non-hydrogen) atoms. The normalized spacial score (nSPS) is 20.5. The van der Waals surface area contributed by atoms with Gasteiger partial charge >= 0.3 is 0 Å². The van der Waals surface area contributed by atoms with Gasteiger partial charge in [0.25, 0.3) is 5.91 Å². The Bertz CT molecular complexity index is 466. The van der Waals surface area contributed by atoms with Crippen molar-refractivity contribution in [3.05, 3.63) is 24.0 Å². The molecular weight excluding hydrogens is 242 g/mol. The molecular formula is C14H19N3O2. The van der Waals surface area contributed by atoms with Crippen LogP contribution in [0.4, 0.5) is 0 Å². The Morgan fingerprint density at radius 1 is 1.32 bits per heavy atom. The summed E-state index contributed by atoms with van der Waals surface area (Å²) in [4.78, 5) is 20.3. The van der Waals surface area contributed by atoms with Crippen LogP contribution in [0.15, 0.2) is 18.5 Å². The van der Waals surface area contributed by atoms with E-state index in [1.54, 1.807) is 6.07 Å². The van der Waals surface area contributed by atoms with Gasteiger partial charge in [0, 0.05) is 38.9 Å². The highest BCUT2D eigenvalue weighted by Crippen LogP contribution is 2.30. The number of pyridine rings is 1. The van der Waals surface area contributed by atoms with Crippen molar-refractivity contribution >= 4 is 5.91 Å². The van der Waals surface area contributed by atoms with Gasteiger partial charge in [-0.25, -0.2) is 0 Å². The van der Waals surface area contributed by atoms with Crippen LogP contribution in [0.2, 0.25) is 0 Å². The summed E-state index contributed by atoms with van der Waals surface area (Å²) in [6, 6.07) is 1.58. The van der Waals surface area contributed by atoms with Crippen LogP contribution in [-0.4, -0.2) is 58.5 Å². The van der Waals surface area contributed by atoms with Gasteiger partial charge in [0.2, 0.25) is 0 Å². The lowest BCUT2D eigenvalue weighted by molar-refractivity contribution is 0.0629. The zero-order valence-corrected chi connectivity index (χ0v) is 11.0. The molecule has 0 bridgehead atoms. The summed E-state index contributed by atoms with van der Waals surface area (Å²) in [5.74, 6) is 0.769. The molecule has 102 valence electrons. The van der Waals surface area contributed by atoms with Crippen LogP contribution in [0, 0.1) is 5.92 Å². The minimum Gasteiger partial charge on any atom is -0.505 e. The number of amides is 1. The Morgan fingerprint density at radius 3 is 2.68 bits per heavy atom. The molecule has 2 heterocycles. The number of hydrogen-bond donors (Lipinski definition) is 1. The Labute approximate surface area is 112 Å². The summed E-state index contributed by atoms with van der Waals surface area (Å²) in [5.41, 5.74) is 0.352. The van der Waals surface area contributed by atoms with Crippen LogP contribution in [-0.2, 0) is 0 Å². The number of carbonyl (C=O) groups is 1. The first-order valence-electron chi connectivity index (χ1n) is 6.88. The lowest BCUT2D eigenvalue weighted by atomic mass is 10.2. The van der Waals surface area contributed by atoms with Crippen molar-refractivity contribution in [1.29, 1.82) is 0 Å². The second kappa shape index (κ2) is 5.17. The summed E-state index contributed by atoms with van der Waals surface area (Å²) in [6.07, 6.45) is 5.58. The van der Waals surface area contributed by atoms with Crippen LogP contribution in [0.3, 0.4) is 0 Å². The number of nitrogens with zero attached hydrogens (tertiary/aromatic N) is 3. The summed E-state index contributed by atoms with van der Waals surface area (Å²) >= 11 is 0. The SMILES string of the molecule is O=C(c1ccncc1O)N1CCN(CC2CC2)CC1. The van der Waals surface area contributed by atoms with Crippen molar-refractivity contribution in [2.45, 2.75) is 12.8 Å². The minimum absolute atomic E-state index is 0.0343. The molecule has 1 saturated carbocycles. The van der Waals surface area contributed by atoms with Crippen molar-refractivity contribution in [3.63, 3.8) is 0 Å². The van der Waals surface area contributed by atoms with E-state index in [2.05, 4.69) is 9.88 Å². The zero-order chi connectivity index (χ0) is 13.2. The third kappa shape index (κ3) is 2.87. The van der Waals surface area contributed by atoms with Gasteiger partial charge in [-0.1, -0.05) is 0 Å². The number of rotatable bonds is 3. The molecule has 1 aromatic rings. The van der Waals surface area contributed by atoms with E-state index < -0.39 is 0 Å². The molecule has 1 aliphatic heterocycles. The van der Waals surface area contributed by atoms with Gasteiger partial charge < -0.3 is 10.0 Å². The molecule has 0 aromatic carbocycles. The number of carbonyl (C=O) groups excluding carboxylic acids is 1. The van der Waals surface area contributed by atoms with E-state index in [9.17, 15) is 9.90 Å². The smallest absolute Gasteiger partial charge is 0.257 e. The van der Waals surface area contributed by atoms with Crippen LogP contribution in [0.25, 0.3) is 0 Å². The second-order valence-corrected chi connectivity index (χ2v) is 5.43. The van der Waals surface area contributed by atoms with Gasteiger partial charge in [0.1, 0.15) is 5.75 Å². The van der Waals surface area contributed by atoms with E-state index in [-0.39, 0.29) is 11.7 Å². The molecule has 5 heteroatoms. The average Bonchev–Trinajstić information content (AvgIpc) is 3.23. The topological polar surface area (TPSA) is 56.7 Å². The van der Waals surface area contributed by atoms with E-state index in [4.69, 9.17) is 0 Å². The van der Waals surface area contributed by atoms with Gasteiger partial charge in [-0.15, -0.1) is 0 Å². The molecule has 0 unspecified atom stereocenters. The van der Waals surface area contributed by atoms with E-state index in [0.717, 1.165) is 32.1 Å². The summed E-state index contributed by atoms with van der Waals surface area (Å²) < 4.78 is 0. The monoisotopic (exact) mass is 261 g/mol. The average molecular weight is 261 g/mol. The number of hydrogen-bond acceptors (Lipinski definition) is 4. The number of aromatic hydroxyl groups is 1. The fourth-order valence-corrected chi connectivity index (χ4v) is 2.54. The van der Waals surface area contributed by atoms with Crippen LogP contribution in [0.5, 0.6) is 5.75 Å². The lowest BCUT2D eigenvalue weighted by Gasteiger charge is -2.34. The summed E-state index contributed by atoms with van der Waals surface area (Å²) in [5, 5.41) is 9.67. The summed E-state index contributed by atoms with van der Waals surface area (Å²) in [6.45, 7) is 4.55. The molecule has 1 saturated heterocycles. The van der Waals surface area contributed by atoms with Crippen molar-refractivity contribution < 1.29 is 9.90 Å². The first kappa shape index (κ1) is 12.4. The van der Waals surface area contributed by atoms with Gasteiger partial charge in [-0.05, 0) is 24.8 Å². The predicted molar refractivity (Wildman–Crippen MR) is 71.0 cm³/mol. The van der Waals surface area contributed by atoms with Crippen LogP contribution >= 0.6 is 0 Å². The third-order valence-electron chi connectivity index (χ3n) is 3.90. The molecule has 0 spiro atoms. The molecule has 0 atom stereocenters. The zero-order valence-electron chi connectivity index (χ0n) is 11.0. The Hall–Kier alpha value is -1.62. The van der Waals surface area contributed by atoms with E-state index >= 15 is 0 Å². The second-order valence-electron chi connectivity index (χ2n) is 5.43. The highest BCUT2D eigenvalue weighted by Gasteiger charge is 2.28. The minimum atomic E-state index is -0.0917. The van der Waals surface area contributed by atoms with Crippen molar-refractivity contribution in [2.75, 3.05) is 32.7 Å². The molecule has 2 fully saturated rings. The van der Waals surface area contributed by atoms with Gasteiger partial charge in [-0.3, -0.25) is 14.7 Å². The van der Waals surface area contributed by atoms with Crippen molar-refractivity contribution in [3.8, 4) is 5.75 Å². The predicted octanol–water partition coefficient (Wildman–Crippen LogP) is 0.955. The molecule has 5 nitrogen and oxygen atoms in total. The van der Waals surface area contributed by atoms with Crippen LogP contribution in [0.1, 0.15) is 23.2 Å². The van der Waals surface area contributed by atoms with Gasteiger partial charge in [-0.2, -0.15) is 0 Å². The van der Waals surface area contributed by atoms with Crippen LogP contribution < -0.4 is 0 Å². The van der Waals surface area contributed by atoms with Crippen molar-refractivity contribution in [1.82, 2.24) is 14.8 Å². The highest BCUT2D eigenvalue weighted by atomic mass is 16.3. The van der Waals surface area contributed by atoms with Gasteiger partial charge in [0.05, 0.1) is 11.8 Å². The maximum absolute atomic E-state index is 12.3. The third-order valence-corrected chi connectivity index (χ3v) is 3.90. The van der Waals surface area contributed by atoms with E-state index in [1.807, 2.05) is 4.90 Å². The first-order valence-corrected chi connectivity index (χ1v) is 6.88. The molecule has 2 aliphatic rings. The van der Waals surface area contributed by atoms with E-state index in [0.29, 0.717) is 5.56 Å². The molecule has 1 aliphatic carbocycles. The lowest BCUT2D eigenvalue weighted by Crippen LogP contribution is -2.49. The Balaban J connectivity index is 1.58. The van der Waals surface area contributed by atoms with E-state index in [1.165, 1.54) is 31.8 Å². The Morgan fingerprint density at radius 2 is 2.05 bits per heavy atom. The largest absolute Gasteiger partial charge is 0.505 e. The fraction of sp³-hybridized carbons (Fsp3) is 0.571. The number of aromatic nitrogens is 1. The molecule has 1 amide bonds. The quantitative estimate of drug-likeness (QED) is 0.880. The highest BCUT2D eigenvalue weighted by molar-refractivity contribution is 5.96. The maximum Gasteiger partial charge on any atom is 0.257 e. The maximum atomic E-state index is 12.3. The Kier molecular flexibility index (Phi) is 3.38. The molecule has 3 rings (SSSR count). The molecule has 0 radical (unpaired) electrons.